The molecule has 0 unspecified atom stereocenters. The number of carbonyl (C=O) groups excluding carboxylic acids is 2. The number of amides is 2. The van der Waals surface area contributed by atoms with Crippen molar-refractivity contribution < 1.29 is 22.8 Å². The zero-order valence-electron chi connectivity index (χ0n) is 12.5. The minimum absolute atomic E-state index is 0.195. The summed E-state index contributed by atoms with van der Waals surface area (Å²) in [6, 6.07) is 1.94. The van der Waals surface area contributed by atoms with Crippen molar-refractivity contribution in [1.29, 1.82) is 0 Å². The monoisotopic (exact) mass is 329 g/mol. The highest BCUT2D eigenvalue weighted by Gasteiger charge is 2.43. The van der Waals surface area contributed by atoms with Gasteiger partial charge >= 0.3 is 6.18 Å². The molecule has 1 aromatic rings. The second kappa shape index (κ2) is 7.43. The lowest BCUT2D eigenvalue weighted by molar-refractivity contribution is -0.164. The number of aromatic nitrogens is 1. The van der Waals surface area contributed by atoms with Gasteiger partial charge in [-0.15, -0.1) is 0 Å². The number of hydrogen-bond acceptors (Lipinski definition) is 3. The number of likely N-dealkylation sites (tertiary alicyclic amines) is 1. The summed E-state index contributed by atoms with van der Waals surface area (Å²) in [5, 5.41) is 1.94. The van der Waals surface area contributed by atoms with Gasteiger partial charge in [0.2, 0.25) is 11.8 Å². The lowest BCUT2D eigenvalue weighted by atomic mass is 10.1. The lowest BCUT2D eigenvalue weighted by Gasteiger charge is -2.24. The summed E-state index contributed by atoms with van der Waals surface area (Å²) in [5.41, 5.74) is -0.282. The van der Waals surface area contributed by atoms with E-state index in [4.69, 9.17) is 0 Å². The van der Waals surface area contributed by atoms with E-state index in [0.717, 1.165) is 19.3 Å². The first-order chi connectivity index (χ1) is 10.9. The Balaban J connectivity index is 2.04. The Morgan fingerprint density at radius 2 is 2.09 bits per heavy atom. The average Bonchev–Trinajstić information content (AvgIpc) is 2.70. The first-order valence-electron chi connectivity index (χ1n) is 7.42. The Hall–Kier alpha value is -2.12. The molecule has 5 nitrogen and oxygen atoms in total. The largest absolute Gasteiger partial charge is 0.414 e. The van der Waals surface area contributed by atoms with E-state index in [1.54, 1.807) is 0 Å². The molecule has 23 heavy (non-hydrogen) atoms. The van der Waals surface area contributed by atoms with Crippen molar-refractivity contribution >= 4 is 11.8 Å². The van der Waals surface area contributed by atoms with Crippen molar-refractivity contribution in [3.05, 3.63) is 30.1 Å². The number of rotatable bonds is 4. The van der Waals surface area contributed by atoms with Gasteiger partial charge in [0.05, 0.1) is 12.2 Å². The number of carbonyl (C=O) groups is 2. The second-order valence-electron chi connectivity index (χ2n) is 5.42. The van der Waals surface area contributed by atoms with E-state index >= 15 is 0 Å². The highest BCUT2D eigenvalue weighted by atomic mass is 19.4. The van der Waals surface area contributed by atoms with Gasteiger partial charge in [-0.05, 0) is 25.0 Å². The Morgan fingerprint density at radius 1 is 1.30 bits per heavy atom. The zero-order valence-corrected chi connectivity index (χ0v) is 12.5. The molecule has 2 rings (SSSR count). The Kier molecular flexibility index (Phi) is 5.57. The lowest BCUT2D eigenvalue weighted by Crippen LogP contribution is -2.45. The van der Waals surface area contributed by atoms with Gasteiger partial charge < -0.3 is 10.2 Å². The molecule has 1 aliphatic heterocycles. The molecular weight excluding hydrogens is 311 g/mol. The van der Waals surface area contributed by atoms with Crippen LogP contribution in [0.2, 0.25) is 0 Å². The fourth-order valence-electron chi connectivity index (χ4n) is 2.46. The van der Waals surface area contributed by atoms with Gasteiger partial charge in [-0.1, -0.05) is 12.5 Å². The molecule has 1 saturated heterocycles. The average molecular weight is 329 g/mol. The van der Waals surface area contributed by atoms with E-state index in [-0.39, 0.29) is 18.1 Å². The summed E-state index contributed by atoms with van der Waals surface area (Å²) in [5.74, 6) is -1.03. The Bertz CT molecular complexity index is 549. The van der Waals surface area contributed by atoms with E-state index in [9.17, 15) is 22.8 Å². The van der Waals surface area contributed by atoms with Crippen molar-refractivity contribution in [2.75, 3.05) is 13.1 Å². The molecule has 0 bridgehead atoms. The molecule has 1 atom stereocenters. The molecule has 2 amide bonds. The van der Waals surface area contributed by atoms with Gasteiger partial charge in [0.25, 0.3) is 0 Å². The first-order valence-corrected chi connectivity index (χ1v) is 7.42. The molecule has 0 aromatic carbocycles. The summed E-state index contributed by atoms with van der Waals surface area (Å²) in [4.78, 5) is 28.8. The van der Waals surface area contributed by atoms with Gasteiger partial charge in [-0.3, -0.25) is 14.6 Å². The summed E-state index contributed by atoms with van der Waals surface area (Å²) < 4.78 is 39.5. The first kappa shape index (κ1) is 17.2. The highest BCUT2D eigenvalue weighted by molar-refractivity contribution is 5.85. The van der Waals surface area contributed by atoms with Crippen LogP contribution >= 0.6 is 0 Å². The Labute approximate surface area is 131 Å². The standard InChI is InChI=1S/C15H18F3N3O2/c16-15(17,18)14(11-6-3-4-8-19-11)20-12(22)10-21-9-5-1-2-7-13(21)23/h3-4,6,8,14H,1-2,5,7,9-10H2,(H,20,22)/t14-/m1/s1. The predicted octanol–water partition coefficient (Wildman–Crippen LogP) is 2.20. The van der Waals surface area contributed by atoms with Crippen LogP contribution in [0.1, 0.15) is 37.4 Å². The third-order valence-electron chi connectivity index (χ3n) is 3.62. The molecular formula is C15H18F3N3O2. The number of alkyl halides is 3. The second-order valence-corrected chi connectivity index (χ2v) is 5.42. The summed E-state index contributed by atoms with van der Waals surface area (Å²) in [6.45, 7) is 0.0325. The van der Waals surface area contributed by atoms with E-state index < -0.39 is 18.1 Å². The number of halogens is 3. The predicted molar refractivity (Wildman–Crippen MR) is 76.2 cm³/mol. The van der Waals surface area contributed by atoms with Gasteiger partial charge in [0.15, 0.2) is 6.04 Å². The van der Waals surface area contributed by atoms with E-state index in [1.165, 1.54) is 29.3 Å². The maximum atomic E-state index is 13.2. The van der Waals surface area contributed by atoms with Crippen molar-refractivity contribution in [3.8, 4) is 0 Å². The van der Waals surface area contributed by atoms with Crippen molar-refractivity contribution in [2.24, 2.45) is 0 Å². The van der Waals surface area contributed by atoms with Crippen molar-refractivity contribution in [3.63, 3.8) is 0 Å². The number of nitrogens with zero attached hydrogens (tertiary/aromatic N) is 2. The van der Waals surface area contributed by atoms with E-state index in [1.807, 2.05) is 5.32 Å². The number of nitrogens with one attached hydrogen (secondary N) is 1. The molecule has 2 heterocycles. The van der Waals surface area contributed by atoms with Crippen molar-refractivity contribution in [2.45, 2.75) is 37.9 Å². The molecule has 0 radical (unpaired) electrons. The minimum atomic E-state index is -4.66. The van der Waals surface area contributed by atoms with Crippen molar-refractivity contribution in [1.82, 2.24) is 15.2 Å². The quantitative estimate of drug-likeness (QED) is 0.921. The number of pyridine rings is 1. The normalized spacial score (nSPS) is 17.5. The van der Waals surface area contributed by atoms with Gasteiger partial charge in [0, 0.05) is 19.2 Å². The summed E-state index contributed by atoms with van der Waals surface area (Å²) in [7, 11) is 0. The Morgan fingerprint density at radius 3 is 2.74 bits per heavy atom. The third kappa shape index (κ3) is 4.94. The molecule has 1 aromatic heterocycles. The molecule has 8 heteroatoms. The maximum absolute atomic E-state index is 13.2. The summed E-state index contributed by atoms with van der Waals surface area (Å²) >= 11 is 0. The molecule has 1 fully saturated rings. The maximum Gasteiger partial charge on any atom is 0.414 e. The van der Waals surface area contributed by atoms with Gasteiger partial charge in [0.1, 0.15) is 0 Å². The topological polar surface area (TPSA) is 62.3 Å². The van der Waals surface area contributed by atoms with Crippen LogP contribution in [0.5, 0.6) is 0 Å². The molecule has 0 spiro atoms. The smallest absolute Gasteiger partial charge is 0.338 e. The summed E-state index contributed by atoms with van der Waals surface area (Å²) in [6.07, 6.45) is -0.720. The molecule has 1 N–H and O–H groups in total. The fourth-order valence-corrected chi connectivity index (χ4v) is 2.46. The molecule has 0 saturated carbocycles. The van der Waals surface area contributed by atoms with Gasteiger partial charge in [-0.2, -0.15) is 13.2 Å². The van der Waals surface area contributed by atoms with Crippen LogP contribution in [0.4, 0.5) is 13.2 Å². The fraction of sp³-hybridized carbons (Fsp3) is 0.533. The third-order valence-corrected chi connectivity index (χ3v) is 3.62. The molecule has 0 aliphatic carbocycles. The highest BCUT2D eigenvalue weighted by Crippen LogP contribution is 2.31. The van der Waals surface area contributed by atoms with Crippen LogP contribution in [-0.2, 0) is 9.59 Å². The van der Waals surface area contributed by atoms with Crippen LogP contribution in [0, 0.1) is 0 Å². The van der Waals surface area contributed by atoms with Crippen LogP contribution < -0.4 is 5.32 Å². The SMILES string of the molecule is O=C(CN1CCCCCC1=O)N[C@H](c1ccccn1)C(F)(F)F. The van der Waals surface area contributed by atoms with Crippen LogP contribution in [0.15, 0.2) is 24.4 Å². The molecule has 126 valence electrons. The minimum Gasteiger partial charge on any atom is -0.338 e. The van der Waals surface area contributed by atoms with E-state index in [2.05, 4.69) is 4.98 Å². The number of hydrogen-bond donors (Lipinski definition) is 1. The zero-order chi connectivity index (χ0) is 16.9. The van der Waals surface area contributed by atoms with E-state index in [0.29, 0.717) is 13.0 Å². The van der Waals surface area contributed by atoms with Crippen LogP contribution in [0.25, 0.3) is 0 Å². The van der Waals surface area contributed by atoms with Crippen LogP contribution in [0.3, 0.4) is 0 Å². The van der Waals surface area contributed by atoms with Gasteiger partial charge in [-0.25, -0.2) is 0 Å². The van der Waals surface area contributed by atoms with Crippen LogP contribution in [-0.4, -0.2) is 41.0 Å². The molecule has 1 aliphatic rings.